The van der Waals surface area contributed by atoms with E-state index < -0.39 is 11.5 Å². The van der Waals surface area contributed by atoms with E-state index in [1.165, 1.54) is 0 Å². The van der Waals surface area contributed by atoms with Crippen molar-refractivity contribution in [2.24, 2.45) is 0 Å². The summed E-state index contributed by atoms with van der Waals surface area (Å²) in [5.74, 6) is -0.707. The molecule has 1 aliphatic rings. The number of hydrogen-bond donors (Lipinski definition) is 2. The molecule has 14 heavy (non-hydrogen) atoms. The van der Waals surface area contributed by atoms with Gasteiger partial charge in [0.05, 0.1) is 0 Å². The average Bonchev–Trinajstić information content (AvgIpc) is 2.49. The average molecular weight is 217 g/mol. The second-order valence-electron chi connectivity index (χ2n) is 4.02. The van der Waals surface area contributed by atoms with Gasteiger partial charge in [0.2, 0.25) is 0 Å². The summed E-state index contributed by atoms with van der Waals surface area (Å²) >= 11 is 4.27. The molecule has 0 aromatic carbocycles. The van der Waals surface area contributed by atoms with Gasteiger partial charge in [0.15, 0.2) is 0 Å². The van der Waals surface area contributed by atoms with Crippen LogP contribution in [0.4, 0.5) is 0 Å². The summed E-state index contributed by atoms with van der Waals surface area (Å²) in [4.78, 5) is 11.2. The van der Waals surface area contributed by atoms with E-state index in [0.717, 1.165) is 45.1 Å². The molecule has 0 aromatic heterocycles. The van der Waals surface area contributed by atoms with E-state index in [1.54, 1.807) is 4.31 Å². The van der Waals surface area contributed by atoms with Crippen molar-refractivity contribution in [3.63, 3.8) is 0 Å². The molecule has 1 saturated heterocycles. The largest absolute Gasteiger partial charge is 0.480 e. The van der Waals surface area contributed by atoms with E-state index in [2.05, 4.69) is 19.7 Å². The van der Waals surface area contributed by atoms with E-state index >= 15 is 0 Å². The van der Waals surface area contributed by atoms with E-state index in [4.69, 9.17) is 0 Å². The van der Waals surface area contributed by atoms with Crippen molar-refractivity contribution in [2.45, 2.75) is 51.0 Å². The Morgan fingerprint density at radius 3 is 2.71 bits per heavy atom. The van der Waals surface area contributed by atoms with Crippen LogP contribution in [0, 0.1) is 0 Å². The first-order valence-corrected chi connectivity index (χ1v) is 5.73. The zero-order chi connectivity index (χ0) is 10.6. The first kappa shape index (κ1) is 11.9. The number of carboxylic acids is 1. The molecule has 3 nitrogen and oxygen atoms in total. The topological polar surface area (TPSA) is 40.5 Å². The number of aliphatic carboxylic acids is 1. The highest BCUT2D eigenvalue weighted by atomic mass is 32.1. The summed E-state index contributed by atoms with van der Waals surface area (Å²) in [6, 6.07) is 0. The Balaban J connectivity index is 2.58. The Morgan fingerprint density at radius 2 is 2.29 bits per heavy atom. The van der Waals surface area contributed by atoms with Crippen LogP contribution in [-0.2, 0) is 4.79 Å². The van der Waals surface area contributed by atoms with Crippen LogP contribution in [0.15, 0.2) is 0 Å². The molecule has 4 heteroatoms. The van der Waals surface area contributed by atoms with Crippen molar-refractivity contribution in [3.05, 3.63) is 0 Å². The van der Waals surface area contributed by atoms with Gasteiger partial charge in [0.1, 0.15) is 5.54 Å². The van der Waals surface area contributed by atoms with Crippen LogP contribution in [0.1, 0.15) is 45.4 Å². The molecular weight excluding hydrogens is 198 g/mol. The lowest BCUT2D eigenvalue weighted by Gasteiger charge is -2.30. The third-order valence-electron chi connectivity index (χ3n) is 3.05. The first-order chi connectivity index (χ1) is 6.63. The lowest BCUT2D eigenvalue weighted by Crippen LogP contribution is -2.46. The molecule has 0 saturated carbocycles. The summed E-state index contributed by atoms with van der Waals surface area (Å²) in [5.41, 5.74) is -0.682. The van der Waals surface area contributed by atoms with Crippen LogP contribution in [0.25, 0.3) is 0 Å². The molecule has 0 radical (unpaired) electrons. The summed E-state index contributed by atoms with van der Waals surface area (Å²) in [6.07, 6.45) is 5.65. The van der Waals surface area contributed by atoms with Crippen molar-refractivity contribution < 1.29 is 9.90 Å². The highest BCUT2D eigenvalue weighted by Gasteiger charge is 2.45. The molecule has 82 valence electrons. The molecule has 1 aliphatic heterocycles. The molecule has 0 bridgehead atoms. The van der Waals surface area contributed by atoms with Gasteiger partial charge in [0, 0.05) is 6.54 Å². The molecule has 0 aromatic rings. The number of carboxylic acid groups (broad SMARTS) is 1. The van der Waals surface area contributed by atoms with Crippen molar-refractivity contribution in [1.82, 2.24) is 4.31 Å². The lowest BCUT2D eigenvalue weighted by atomic mass is 9.91. The van der Waals surface area contributed by atoms with Gasteiger partial charge in [-0.05, 0) is 19.3 Å². The maximum absolute atomic E-state index is 11.2. The van der Waals surface area contributed by atoms with Crippen molar-refractivity contribution in [2.75, 3.05) is 6.54 Å². The maximum atomic E-state index is 11.2. The van der Waals surface area contributed by atoms with Gasteiger partial charge in [-0.15, -0.1) is 0 Å². The van der Waals surface area contributed by atoms with E-state index in [9.17, 15) is 9.90 Å². The lowest BCUT2D eigenvalue weighted by molar-refractivity contribution is -0.147. The molecule has 1 unspecified atom stereocenters. The summed E-state index contributed by atoms with van der Waals surface area (Å²) < 4.78 is 1.71. The minimum Gasteiger partial charge on any atom is -0.480 e. The Bertz CT molecular complexity index is 210. The first-order valence-electron chi connectivity index (χ1n) is 5.33. The Kier molecular flexibility index (Phi) is 4.26. The van der Waals surface area contributed by atoms with Crippen LogP contribution in [0.5, 0.6) is 0 Å². The number of rotatable bonds is 5. The van der Waals surface area contributed by atoms with Crippen molar-refractivity contribution in [3.8, 4) is 0 Å². The zero-order valence-corrected chi connectivity index (χ0v) is 9.59. The summed E-state index contributed by atoms with van der Waals surface area (Å²) in [7, 11) is 0. The van der Waals surface area contributed by atoms with Crippen LogP contribution < -0.4 is 0 Å². The molecule has 0 amide bonds. The van der Waals surface area contributed by atoms with Crippen LogP contribution in [0.3, 0.4) is 0 Å². The SMILES string of the molecule is CCCCCC1(C(=O)O)CCCN1S. The van der Waals surface area contributed by atoms with Crippen molar-refractivity contribution >= 4 is 18.8 Å². The molecule has 1 atom stereocenters. The molecule has 1 heterocycles. The highest BCUT2D eigenvalue weighted by molar-refractivity contribution is 7.77. The Labute approximate surface area is 91.0 Å². The fourth-order valence-corrected chi connectivity index (χ4v) is 2.54. The number of unbranched alkanes of at least 4 members (excludes halogenated alkanes) is 2. The van der Waals surface area contributed by atoms with Gasteiger partial charge in [-0.3, -0.25) is 4.79 Å². The maximum Gasteiger partial charge on any atom is 0.324 e. The van der Waals surface area contributed by atoms with E-state index in [-0.39, 0.29) is 0 Å². The Hall–Kier alpha value is -0.220. The van der Waals surface area contributed by atoms with Gasteiger partial charge in [-0.2, -0.15) is 0 Å². The number of thiol groups is 1. The second-order valence-corrected chi connectivity index (χ2v) is 4.50. The fourth-order valence-electron chi connectivity index (χ4n) is 2.11. The van der Waals surface area contributed by atoms with Crippen LogP contribution >= 0.6 is 12.8 Å². The van der Waals surface area contributed by atoms with Gasteiger partial charge < -0.3 is 5.11 Å². The van der Waals surface area contributed by atoms with Gasteiger partial charge in [-0.1, -0.05) is 39.0 Å². The number of carbonyl (C=O) groups is 1. The Morgan fingerprint density at radius 1 is 1.57 bits per heavy atom. The molecule has 0 spiro atoms. The molecular formula is C10H19NO2S. The predicted molar refractivity (Wildman–Crippen MR) is 59.4 cm³/mol. The van der Waals surface area contributed by atoms with Crippen LogP contribution in [0.2, 0.25) is 0 Å². The normalized spacial score (nSPS) is 28.1. The standard InChI is InChI=1S/C10H19NO2S/c1-2-3-4-6-10(9(12)13)7-5-8-11(10)14/h14H,2-8H2,1H3,(H,12,13). The van der Waals surface area contributed by atoms with E-state index in [0.29, 0.717) is 0 Å². The van der Waals surface area contributed by atoms with Crippen molar-refractivity contribution in [1.29, 1.82) is 0 Å². The predicted octanol–water partition coefficient (Wildman–Crippen LogP) is 2.33. The van der Waals surface area contributed by atoms with Gasteiger partial charge >= 0.3 is 5.97 Å². The third-order valence-corrected chi connectivity index (χ3v) is 3.63. The molecule has 0 aliphatic carbocycles. The van der Waals surface area contributed by atoms with Crippen LogP contribution in [-0.4, -0.2) is 27.5 Å². The fraction of sp³-hybridized carbons (Fsp3) is 0.900. The third kappa shape index (κ3) is 2.23. The van der Waals surface area contributed by atoms with E-state index in [1.807, 2.05) is 0 Å². The number of nitrogens with zero attached hydrogens (tertiary/aromatic N) is 1. The molecule has 1 fully saturated rings. The zero-order valence-electron chi connectivity index (χ0n) is 8.70. The monoisotopic (exact) mass is 217 g/mol. The molecule has 1 rings (SSSR count). The van der Waals surface area contributed by atoms with Gasteiger partial charge in [0.25, 0.3) is 0 Å². The second kappa shape index (κ2) is 5.03. The summed E-state index contributed by atoms with van der Waals surface area (Å²) in [5, 5.41) is 9.24. The highest BCUT2D eigenvalue weighted by Crippen LogP contribution is 2.35. The quantitative estimate of drug-likeness (QED) is 0.548. The van der Waals surface area contributed by atoms with Gasteiger partial charge in [-0.25, -0.2) is 4.31 Å². The molecule has 1 N–H and O–H groups in total. The summed E-state index contributed by atoms with van der Waals surface area (Å²) in [6.45, 7) is 2.92. The smallest absolute Gasteiger partial charge is 0.324 e. The minimum absolute atomic E-state index is 0.682. The minimum atomic E-state index is -0.707. The number of hydrogen-bond acceptors (Lipinski definition) is 3.